The quantitative estimate of drug-likeness (QED) is 0.0199. The Kier molecular flexibility index (Phi) is 56.3. The van der Waals surface area contributed by atoms with Gasteiger partial charge in [0.25, 0.3) is 0 Å². The fourth-order valence-electron chi connectivity index (χ4n) is 8.80. The summed E-state index contributed by atoms with van der Waals surface area (Å²) >= 11 is 0. The molecule has 70 heavy (non-hydrogen) atoms. The third-order valence-corrected chi connectivity index (χ3v) is 13.4. The van der Waals surface area contributed by atoms with Gasteiger partial charge in [-0.1, -0.05) is 287 Å². The number of rotatable bonds is 55. The first-order valence-electron chi connectivity index (χ1n) is 30.3. The van der Waals surface area contributed by atoms with Crippen molar-refractivity contribution in [3.8, 4) is 0 Å². The number of hydrogen-bond acceptors (Lipinski definition) is 6. The average molecular weight is 980 g/mol. The van der Waals surface area contributed by atoms with Crippen LogP contribution >= 0.6 is 0 Å². The maximum Gasteiger partial charge on any atom is 0.306 e. The van der Waals surface area contributed by atoms with Crippen molar-refractivity contribution in [1.29, 1.82) is 0 Å². The highest BCUT2D eigenvalue weighted by molar-refractivity contribution is 5.71. The van der Waals surface area contributed by atoms with Crippen LogP contribution in [0, 0.1) is 0 Å². The molecular weight excluding hydrogens is 865 g/mol. The van der Waals surface area contributed by atoms with Crippen LogP contribution in [-0.2, 0) is 28.6 Å². The Hall–Kier alpha value is -2.89. The Morgan fingerprint density at radius 3 is 0.914 bits per heavy atom. The van der Waals surface area contributed by atoms with Crippen LogP contribution in [0.1, 0.15) is 310 Å². The van der Waals surface area contributed by atoms with Crippen LogP contribution in [0.3, 0.4) is 0 Å². The van der Waals surface area contributed by atoms with Crippen molar-refractivity contribution in [3.05, 3.63) is 60.8 Å². The van der Waals surface area contributed by atoms with Crippen molar-refractivity contribution >= 4 is 17.9 Å². The zero-order chi connectivity index (χ0) is 50.7. The van der Waals surface area contributed by atoms with Crippen LogP contribution < -0.4 is 0 Å². The third kappa shape index (κ3) is 56.0. The lowest BCUT2D eigenvalue weighted by Crippen LogP contribution is -2.30. The van der Waals surface area contributed by atoms with E-state index >= 15 is 0 Å². The lowest BCUT2D eigenvalue weighted by atomic mass is 10.0. The molecule has 0 spiro atoms. The van der Waals surface area contributed by atoms with Gasteiger partial charge < -0.3 is 14.2 Å². The molecule has 0 rings (SSSR count). The maximum atomic E-state index is 12.9. The molecule has 0 amide bonds. The van der Waals surface area contributed by atoms with Crippen LogP contribution in [0.5, 0.6) is 0 Å². The van der Waals surface area contributed by atoms with Crippen LogP contribution in [0.15, 0.2) is 60.8 Å². The Bertz CT molecular complexity index is 1260. The minimum Gasteiger partial charge on any atom is -0.462 e. The lowest BCUT2D eigenvalue weighted by molar-refractivity contribution is -0.167. The van der Waals surface area contributed by atoms with Gasteiger partial charge in [0, 0.05) is 19.3 Å². The minimum absolute atomic E-state index is 0.0816. The molecule has 0 saturated carbocycles. The van der Waals surface area contributed by atoms with Crippen molar-refractivity contribution in [2.45, 2.75) is 316 Å². The summed E-state index contributed by atoms with van der Waals surface area (Å²) in [5.74, 6) is -0.893. The van der Waals surface area contributed by atoms with Gasteiger partial charge in [0.05, 0.1) is 0 Å². The molecule has 0 N–H and O–H groups in total. The molecule has 1 unspecified atom stereocenters. The van der Waals surface area contributed by atoms with E-state index < -0.39 is 6.10 Å². The summed E-state index contributed by atoms with van der Waals surface area (Å²) in [6.07, 6.45) is 73.6. The van der Waals surface area contributed by atoms with E-state index in [4.69, 9.17) is 14.2 Å². The van der Waals surface area contributed by atoms with Crippen molar-refractivity contribution in [2.75, 3.05) is 13.2 Å². The molecule has 1 atom stereocenters. The molecule has 6 nitrogen and oxygen atoms in total. The number of allylic oxidation sites excluding steroid dienone is 10. The molecule has 0 aromatic carbocycles. The van der Waals surface area contributed by atoms with Crippen molar-refractivity contribution in [1.82, 2.24) is 0 Å². The van der Waals surface area contributed by atoms with Crippen molar-refractivity contribution in [3.63, 3.8) is 0 Å². The van der Waals surface area contributed by atoms with E-state index in [0.29, 0.717) is 19.3 Å². The van der Waals surface area contributed by atoms with Gasteiger partial charge >= 0.3 is 17.9 Å². The second-order valence-corrected chi connectivity index (χ2v) is 20.3. The van der Waals surface area contributed by atoms with Gasteiger partial charge in [-0.3, -0.25) is 14.4 Å². The Labute approximate surface area is 434 Å². The smallest absolute Gasteiger partial charge is 0.306 e. The molecule has 0 aliphatic rings. The van der Waals surface area contributed by atoms with E-state index in [1.54, 1.807) is 0 Å². The van der Waals surface area contributed by atoms with E-state index in [1.807, 2.05) is 18.2 Å². The summed E-state index contributed by atoms with van der Waals surface area (Å²) in [6, 6.07) is 0. The Morgan fingerprint density at radius 2 is 0.571 bits per heavy atom. The molecule has 0 aromatic heterocycles. The van der Waals surface area contributed by atoms with Gasteiger partial charge in [0.2, 0.25) is 0 Å². The molecule has 0 radical (unpaired) electrons. The summed E-state index contributed by atoms with van der Waals surface area (Å²) in [5, 5.41) is 0. The van der Waals surface area contributed by atoms with Crippen molar-refractivity contribution < 1.29 is 28.6 Å². The summed E-state index contributed by atoms with van der Waals surface area (Å²) < 4.78 is 16.9. The largest absolute Gasteiger partial charge is 0.462 e. The zero-order valence-electron chi connectivity index (χ0n) is 46.5. The van der Waals surface area contributed by atoms with Gasteiger partial charge in [-0.2, -0.15) is 0 Å². The molecule has 0 fully saturated rings. The van der Waals surface area contributed by atoms with Gasteiger partial charge in [-0.05, 0) is 64.2 Å². The molecule has 6 heteroatoms. The van der Waals surface area contributed by atoms with Crippen LogP contribution in [0.2, 0.25) is 0 Å². The topological polar surface area (TPSA) is 78.9 Å². The first kappa shape index (κ1) is 67.1. The Balaban J connectivity index is 4.37. The van der Waals surface area contributed by atoms with E-state index in [2.05, 4.69) is 63.3 Å². The number of carbonyl (C=O) groups is 3. The first-order chi connectivity index (χ1) is 34.5. The van der Waals surface area contributed by atoms with E-state index in [1.165, 1.54) is 186 Å². The van der Waals surface area contributed by atoms with E-state index in [-0.39, 0.29) is 31.1 Å². The normalized spacial score (nSPS) is 12.4. The highest BCUT2D eigenvalue weighted by atomic mass is 16.6. The number of unbranched alkanes of at least 4 members (excludes halogenated alkanes) is 37. The minimum atomic E-state index is -0.785. The SMILES string of the molecule is CC\C=C/C=C\C=C/C=C\CCCCCCCC(=O)OCC(COC(=O)CCCCCCCCC/C=C\CCCCCCCCCC)OC(=O)CCCCCCCCCCCCCCCCCCCC. The zero-order valence-corrected chi connectivity index (χ0v) is 46.5. The summed E-state index contributed by atoms with van der Waals surface area (Å²) in [6.45, 7) is 6.52. The average Bonchev–Trinajstić information content (AvgIpc) is 3.36. The molecule has 0 aromatic rings. The van der Waals surface area contributed by atoms with Crippen LogP contribution in [-0.4, -0.2) is 37.2 Å². The fourth-order valence-corrected chi connectivity index (χ4v) is 8.80. The monoisotopic (exact) mass is 979 g/mol. The molecular formula is C64H114O6. The standard InChI is InChI=1S/C64H114O6/c1-4-7-10-13-16-19-22-25-28-30-32-34-36-39-42-45-48-51-54-57-63(66)69-60-61(59-68-62(65)56-53-50-47-44-41-38-35-27-24-21-18-15-12-9-6-3)70-64(67)58-55-52-49-46-43-40-37-33-31-29-26-23-20-17-14-11-8-5-2/h9,12,15,18,21,24,27,30,32,35,61H,4-8,10-11,13-14,16-17,19-20,22-23,25-26,28-29,31,33-34,36-60H2,1-3H3/b12-9-,18-15-,24-21-,32-30-,35-27-. The predicted octanol–water partition coefficient (Wildman–Crippen LogP) is 20.4. The third-order valence-electron chi connectivity index (χ3n) is 13.4. The summed E-state index contributed by atoms with van der Waals surface area (Å²) in [5.41, 5.74) is 0. The number of ether oxygens (including phenoxy) is 3. The number of carbonyl (C=O) groups excluding carboxylic acids is 3. The van der Waals surface area contributed by atoms with Gasteiger partial charge in [0.15, 0.2) is 6.10 Å². The molecule has 406 valence electrons. The van der Waals surface area contributed by atoms with Gasteiger partial charge in [-0.15, -0.1) is 0 Å². The van der Waals surface area contributed by atoms with E-state index in [9.17, 15) is 14.4 Å². The summed E-state index contributed by atoms with van der Waals surface area (Å²) in [4.78, 5) is 38.2. The highest BCUT2D eigenvalue weighted by Crippen LogP contribution is 2.17. The second-order valence-electron chi connectivity index (χ2n) is 20.3. The molecule has 0 aliphatic carbocycles. The maximum absolute atomic E-state index is 12.9. The molecule has 0 bridgehead atoms. The lowest BCUT2D eigenvalue weighted by Gasteiger charge is -2.18. The summed E-state index contributed by atoms with van der Waals surface area (Å²) in [7, 11) is 0. The Morgan fingerprint density at radius 1 is 0.300 bits per heavy atom. The fraction of sp³-hybridized carbons (Fsp3) is 0.797. The molecule has 0 saturated heterocycles. The second kappa shape index (κ2) is 58.7. The number of esters is 3. The molecule has 0 heterocycles. The first-order valence-corrected chi connectivity index (χ1v) is 30.3. The van der Waals surface area contributed by atoms with Gasteiger partial charge in [-0.25, -0.2) is 0 Å². The highest BCUT2D eigenvalue weighted by Gasteiger charge is 2.19. The van der Waals surface area contributed by atoms with Crippen LogP contribution in [0.25, 0.3) is 0 Å². The van der Waals surface area contributed by atoms with Crippen molar-refractivity contribution in [2.24, 2.45) is 0 Å². The predicted molar refractivity (Wildman–Crippen MR) is 302 cm³/mol. The molecule has 0 aliphatic heterocycles. The van der Waals surface area contributed by atoms with E-state index in [0.717, 1.165) is 83.5 Å². The van der Waals surface area contributed by atoms with Gasteiger partial charge in [0.1, 0.15) is 13.2 Å². The number of hydrogen-bond donors (Lipinski definition) is 0. The van der Waals surface area contributed by atoms with Crippen LogP contribution in [0.4, 0.5) is 0 Å².